The summed E-state index contributed by atoms with van der Waals surface area (Å²) in [5.74, 6) is -0.0367. The van der Waals surface area contributed by atoms with E-state index in [0.29, 0.717) is 19.7 Å². The lowest BCUT2D eigenvalue weighted by Crippen LogP contribution is -2.30. The Balaban J connectivity index is 0.00000289. The molecule has 1 aromatic carbocycles. The average Bonchev–Trinajstić information content (AvgIpc) is 2.36. The number of hydrogen-bond donors (Lipinski definition) is 2. The molecule has 5 heteroatoms. The quantitative estimate of drug-likeness (QED) is 0.745. The maximum Gasteiger partial charge on any atom is 0.238 e. The normalized spacial score (nSPS) is 9.67. The van der Waals surface area contributed by atoms with Crippen molar-refractivity contribution in [3.8, 4) is 0 Å². The third kappa shape index (κ3) is 6.59. The van der Waals surface area contributed by atoms with Gasteiger partial charge in [-0.3, -0.25) is 4.79 Å². The van der Waals surface area contributed by atoms with E-state index in [0.717, 1.165) is 12.1 Å². The molecule has 0 aliphatic rings. The Hall–Kier alpha value is -1.10. The van der Waals surface area contributed by atoms with Crippen LogP contribution in [-0.2, 0) is 16.0 Å². The van der Waals surface area contributed by atoms with Crippen molar-refractivity contribution in [3.63, 3.8) is 0 Å². The van der Waals surface area contributed by atoms with Crippen LogP contribution in [0.25, 0.3) is 0 Å². The van der Waals surface area contributed by atoms with Gasteiger partial charge in [0.1, 0.15) is 0 Å². The van der Waals surface area contributed by atoms with E-state index in [9.17, 15) is 4.79 Å². The molecule has 0 saturated carbocycles. The first-order valence-electron chi connectivity index (χ1n) is 5.84. The molecule has 0 aliphatic heterocycles. The molecular weight excluding hydrogens is 252 g/mol. The van der Waals surface area contributed by atoms with Crippen LogP contribution >= 0.6 is 12.4 Å². The van der Waals surface area contributed by atoms with Crippen molar-refractivity contribution in [1.82, 2.24) is 5.32 Å². The zero-order valence-electron chi connectivity index (χ0n) is 10.9. The molecule has 1 amide bonds. The van der Waals surface area contributed by atoms with Crippen LogP contribution < -0.4 is 10.6 Å². The van der Waals surface area contributed by atoms with E-state index < -0.39 is 0 Å². The van der Waals surface area contributed by atoms with Crippen molar-refractivity contribution in [3.05, 3.63) is 29.8 Å². The van der Waals surface area contributed by atoms with Gasteiger partial charge in [-0.2, -0.15) is 0 Å². The molecule has 0 radical (unpaired) electrons. The lowest BCUT2D eigenvalue weighted by molar-refractivity contribution is -0.115. The van der Waals surface area contributed by atoms with E-state index in [-0.39, 0.29) is 18.3 Å². The molecule has 102 valence electrons. The van der Waals surface area contributed by atoms with E-state index in [1.54, 1.807) is 7.11 Å². The number of ether oxygens (including phenoxy) is 1. The average molecular weight is 273 g/mol. The summed E-state index contributed by atoms with van der Waals surface area (Å²) in [5.41, 5.74) is 2.10. The number of rotatable bonds is 7. The van der Waals surface area contributed by atoms with Crippen LogP contribution in [0.2, 0.25) is 0 Å². The van der Waals surface area contributed by atoms with E-state index in [1.165, 1.54) is 5.56 Å². The van der Waals surface area contributed by atoms with Gasteiger partial charge in [-0.05, 0) is 24.1 Å². The van der Waals surface area contributed by atoms with Gasteiger partial charge in [-0.25, -0.2) is 0 Å². The van der Waals surface area contributed by atoms with Crippen LogP contribution in [0.3, 0.4) is 0 Å². The Morgan fingerprint density at radius 2 is 1.94 bits per heavy atom. The predicted octanol–water partition coefficient (Wildman–Crippen LogP) is 1.85. The van der Waals surface area contributed by atoms with Crippen LogP contribution in [-0.4, -0.2) is 32.7 Å². The largest absolute Gasteiger partial charge is 0.383 e. The first-order chi connectivity index (χ1) is 8.26. The van der Waals surface area contributed by atoms with Gasteiger partial charge in [0.05, 0.1) is 13.2 Å². The third-order valence-electron chi connectivity index (χ3n) is 2.41. The number of carbonyl (C=O) groups is 1. The fraction of sp³-hybridized carbons (Fsp3) is 0.462. The van der Waals surface area contributed by atoms with E-state index in [2.05, 4.69) is 17.6 Å². The van der Waals surface area contributed by atoms with E-state index in [4.69, 9.17) is 4.74 Å². The molecule has 0 saturated heterocycles. The van der Waals surface area contributed by atoms with Gasteiger partial charge in [0.25, 0.3) is 0 Å². The second-order valence-electron chi connectivity index (χ2n) is 3.77. The molecule has 0 bridgehead atoms. The molecule has 0 fully saturated rings. The van der Waals surface area contributed by atoms with Crippen LogP contribution in [0, 0.1) is 0 Å². The minimum absolute atomic E-state index is 0. The standard InChI is InChI=1S/C13H20N2O2.ClH/c1-3-11-4-6-12(7-5-11)15-13(16)10-14-8-9-17-2;/h4-7,14H,3,8-10H2,1-2H3,(H,15,16);1H. The third-order valence-corrected chi connectivity index (χ3v) is 2.41. The molecular formula is C13H21ClN2O2. The van der Waals surface area contributed by atoms with Gasteiger partial charge in [0.15, 0.2) is 0 Å². The molecule has 4 nitrogen and oxygen atoms in total. The van der Waals surface area contributed by atoms with E-state index in [1.807, 2.05) is 24.3 Å². The summed E-state index contributed by atoms with van der Waals surface area (Å²) in [6.07, 6.45) is 1.01. The van der Waals surface area contributed by atoms with Crippen LogP contribution in [0.4, 0.5) is 5.69 Å². The molecule has 0 heterocycles. The highest BCUT2D eigenvalue weighted by atomic mass is 35.5. The summed E-state index contributed by atoms with van der Waals surface area (Å²) in [7, 11) is 1.64. The number of aryl methyl sites for hydroxylation is 1. The molecule has 0 atom stereocenters. The zero-order chi connectivity index (χ0) is 12.5. The number of halogens is 1. The topological polar surface area (TPSA) is 50.4 Å². The number of amides is 1. The summed E-state index contributed by atoms with van der Waals surface area (Å²) < 4.78 is 4.87. The number of carbonyl (C=O) groups excluding carboxylic acids is 1. The minimum Gasteiger partial charge on any atom is -0.383 e. The fourth-order valence-electron chi connectivity index (χ4n) is 1.41. The molecule has 0 unspecified atom stereocenters. The highest BCUT2D eigenvalue weighted by Gasteiger charge is 2.01. The van der Waals surface area contributed by atoms with Gasteiger partial charge >= 0.3 is 0 Å². The van der Waals surface area contributed by atoms with Crippen molar-refractivity contribution in [2.75, 3.05) is 32.1 Å². The SMILES string of the molecule is CCc1ccc(NC(=O)CNCCOC)cc1.Cl. The first kappa shape index (κ1) is 16.9. The van der Waals surface area contributed by atoms with Crippen LogP contribution in [0.5, 0.6) is 0 Å². The molecule has 0 aliphatic carbocycles. The van der Waals surface area contributed by atoms with Gasteiger partial charge in [0, 0.05) is 19.3 Å². The highest BCUT2D eigenvalue weighted by Crippen LogP contribution is 2.09. The highest BCUT2D eigenvalue weighted by molar-refractivity contribution is 5.92. The summed E-state index contributed by atoms with van der Waals surface area (Å²) in [6.45, 7) is 3.70. The predicted molar refractivity (Wildman–Crippen MR) is 76.4 cm³/mol. The Kier molecular flexibility index (Phi) is 9.28. The molecule has 18 heavy (non-hydrogen) atoms. The molecule has 1 rings (SSSR count). The second-order valence-corrected chi connectivity index (χ2v) is 3.77. The summed E-state index contributed by atoms with van der Waals surface area (Å²) in [4.78, 5) is 11.5. The molecule has 0 spiro atoms. The molecule has 1 aromatic rings. The van der Waals surface area contributed by atoms with Gasteiger partial charge in [-0.1, -0.05) is 19.1 Å². The summed E-state index contributed by atoms with van der Waals surface area (Å²) >= 11 is 0. The van der Waals surface area contributed by atoms with Crippen molar-refractivity contribution >= 4 is 24.0 Å². The van der Waals surface area contributed by atoms with Crippen LogP contribution in [0.1, 0.15) is 12.5 Å². The van der Waals surface area contributed by atoms with Crippen molar-refractivity contribution in [1.29, 1.82) is 0 Å². The molecule has 2 N–H and O–H groups in total. The lowest BCUT2D eigenvalue weighted by Gasteiger charge is -2.07. The Bertz CT molecular complexity index is 341. The Labute approximate surface area is 115 Å². The van der Waals surface area contributed by atoms with E-state index >= 15 is 0 Å². The van der Waals surface area contributed by atoms with Gasteiger partial charge in [0.2, 0.25) is 5.91 Å². The maximum absolute atomic E-state index is 11.5. The van der Waals surface area contributed by atoms with Crippen molar-refractivity contribution < 1.29 is 9.53 Å². The monoisotopic (exact) mass is 272 g/mol. The number of methoxy groups -OCH3 is 1. The van der Waals surface area contributed by atoms with Gasteiger partial charge in [-0.15, -0.1) is 12.4 Å². The number of hydrogen-bond acceptors (Lipinski definition) is 3. The summed E-state index contributed by atoms with van der Waals surface area (Å²) in [6, 6.07) is 7.89. The second kappa shape index (κ2) is 9.88. The minimum atomic E-state index is -0.0367. The van der Waals surface area contributed by atoms with Crippen LogP contribution in [0.15, 0.2) is 24.3 Å². The molecule has 0 aromatic heterocycles. The first-order valence-corrected chi connectivity index (χ1v) is 5.84. The van der Waals surface area contributed by atoms with Gasteiger partial charge < -0.3 is 15.4 Å². The number of anilines is 1. The van der Waals surface area contributed by atoms with Crippen molar-refractivity contribution in [2.45, 2.75) is 13.3 Å². The zero-order valence-corrected chi connectivity index (χ0v) is 11.7. The number of benzene rings is 1. The number of nitrogens with one attached hydrogen (secondary N) is 2. The fourth-order valence-corrected chi connectivity index (χ4v) is 1.41. The maximum atomic E-state index is 11.5. The Morgan fingerprint density at radius 3 is 2.50 bits per heavy atom. The lowest BCUT2D eigenvalue weighted by atomic mass is 10.1. The Morgan fingerprint density at radius 1 is 1.28 bits per heavy atom. The van der Waals surface area contributed by atoms with Crippen molar-refractivity contribution in [2.24, 2.45) is 0 Å². The summed E-state index contributed by atoms with van der Waals surface area (Å²) in [5, 5.41) is 5.82. The smallest absolute Gasteiger partial charge is 0.238 e.